The highest BCUT2D eigenvalue weighted by molar-refractivity contribution is 5.69. The molecule has 4 heteroatoms. The Balaban J connectivity index is 1.63. The number of esters is 1. The molecule has 0 aromatic heterocycles. The van der Waals surface area contributed by atoms with Gasteiger partial charge >= 0.3 is 5.97 Å². The first-order chi connectivity index (χ1) is 14.3. The van der Waals surface area contributed by atoms with Gasteiger partial charge in [-0.1, -0.05) is 32.4 Å². The van der Waals surface area contributed by atoms with Gasteiger partial charge in [-0.2, -0.15) is 0 Å². The number of aliphatic hydroxyl groups is 1. The van der Waals surface area contributed by atoms with Crippen molar-refractivity contribution in [2.24, 2.45) is 40.4 Å². The van der Waals surface area contributed by atoms with Gasteiger partial charge in [0.2, 0.25) is 0 Å². The van der Waals surface area contributed by atoms with Crippen LogP contribution < -0.4 is 0 Å². The van der Waals surface area contributed by atoms with Crippen molar-refractivity contribution in [2.75, 3.05) is 14.2 Å². The first kappa shape index (κ1) is 22.3. The van der Waals surface area contributed by atoms with Crippen LogP contribution in [-0.2, 0) is 14.3 Å². The Morgan fingerprint density at radius 2 is 1.97 bits per heavy atom. The van der Waals surface area contributed by atoms with E-state index in [4.69, 9.17) is 9.47 Å². The molecule has 0 amide bonds. The molecule has 4 rings (SSSR count). The van der Waals surface area contributed by atoms with Gasteiger partial charge in [-0.15, -0.1) is 0 Å². The lowest BCUT2D eigenvalue weighted by Crippen LogP contribution is -2.53. The maximum absolute atomic E-state index is 11.7. The van der Waals surface area contributed by atoms with Crippen LogP contribution in [0.4, 0.5) is 0 Å². The summed E-state index contributed by atoms with van der Waals surface area (Å²) in [6, 6.07) is 0. The molecule has 1 N–H and O–H groups in total. The summed E-state index contributed by atoms with van der Waals surface area (Å²) in [5, 5.41) is 10.3. The van der Waals surface area contributed by atoms with Gasteiger partial charge in [-0.25, -0.2) is 0 Å². The Morgan fingerprint density at radius 1 is 1.20 bits per heavy atom. The third kappa shape index (κ3) is 3.37. The number of ether oxygens (including phenoxy) is 2. The fraction of sp³-hybridized carbons (Fsp3) is 0.885. The summed E-state index contributed by atoms with van der Waals surface area (Å²) in [7, 11) is 3.36. The van der Waals surface area contributed by atoms with Crippen molar-refractivity contribution >= 4 is 5.97 Å². The maximum Gasteiger partial charge on any atom is 0.305 e. The number of rotatable bonds is 5. The molecule has 0 bridgehead atoms. The molecular formula is C26H42O4. The molecule has 0 aromatic carbocycles. The van der Waals surface area contributed by atoms with E-state index in [2.05, 4.69) is 26.8 Å². The van der Waals surface area contributed by atoms with Crippen LogP contribution in [0.5, 0.6) is 0 Å². The van der Waals surface area contributed by atoms with Gasteiger partial charge in [0.15, 0.2) is 0 Å². The zero-order chi connectivity index (χ0) is 21.7. The number of hydrogen-bond donors (Lipinski definition) is 1. The van der Waals surface area contributed by atoms with Crippen molar-refractivity contribution in [3.8, 4) is 0 Å². The van der Waals surface area contributed by atoms with Crippen LogP contribution in [-0.4, -0.2) is 37.5 Å². The summed E-state index contributed by atoms with van der Waals surface area (Å²) in [5.74, 6) is 2.91. The van der Waals surface area contributed by atoms with Crippen LogP contribution in [0.25, 0.3) is 0 Å². The van der Waals surface area contributed by atoms with Gasteiger partial charge in [-0.3, -0.25) is 4.79 Å². The summed E-state index contributed by atoms with van der Waals surface area (Å²) in [6.45, 7) is 7.28. The molecule has 0 aromatic rings. The highest BCUT2D eigenvalue weighted by Crippen LogP contribution is 2.66. The molecule has 4 aliphatic carbocycles. The molecule has 4 unspecified atom stereocenters. The van der Waals surface area contributed by atoms with E-state index in [1.165, 1.54) is 32.8 Å². The van der Waals surface area contributed by atoms with Gasteiger partial charge in [0, 0.05) is 18.9 Å². The average molecular weight is 419 g/mol. The van der Waals surface area contributed by atoms with Crippen molar-refractivity contribution in [3.05, 3.63) is 11.6 Å². The van der Waals surface area contributed by atoms with Crippen LogP contribution in [0.2, 0.25) is 0 Å². The van der Waals surface area contributed by atoms with E-state index in [0.717, 1.165) is 25.7 Å². The Kier molecular flexibility index (Phi) is 6.13. The van der Waals surface area contributed by atoms with Crippen molar-refractivity contribution in [3.63, 3.8) is 0 Å². The minimum absolute atomic E-state index is 0.0959. The summed E-state index contributed by atoms with van der Waals surface area (Å²) in [6.07, 6.45) is 12.0. The van der Waals surface area contributed by atoms with E-state index in [1.807, 2.05) is 7.11 Å². The fourth-order valence-electron chi connectivity index (χ4n) is 8.41. The van der Waals surface area contributed by atoms with Gasteiger partial charge in [0.05, 0.1) is 19.3 Å². The predicted octanol–water partition coefficient (Wildman–Crippen LogP) is 5.14. The lowest BCUT2D eigenvalue weighted by Gasteiger charge is -2.58. The second kappa shape index (κ2) is 8.24. The number of fused-ring (bicyclic) bond motifs is 5. The van der Waals surface area contributed by atoms with Crippen molar-refractivity contribution in [2.45, 2.75) is 90.8 Å². The van der Waals surface area contributed by atoms with Crippen molar-refractivity contribution < 1.29 is 19.4 Å². The monoisotopic (exact) mass is 418 g/mol. The van der Waals surface area contributed by atoms with E-state index >= 15 is 0 Å². The SMILES string of the molecule is COC(=O)CCC(C)C1CCC2C3CC[C@H]4C[C@H](O)CC[C@@]4(C)C3=C[C@@H](OC)[C@@]12C. The van der Waals surface area contributed by atoms with E-state index in [-0.39, 0.29) is 29.0 Å². The van der Waals surface area contributed by atoms with Gasteiger partial charge in [-0.05, 0) is 86.4 Å². The van der Waals surface area contributed by atoms with Crippen molar-refractivity contribution in [1.29, 1.82) is 0 Å². The normalized spacial score (nSPS) is 46.3. The number of carbonyl (C=O) groups is 1. The maximum atomic E-state index is 11.7. The second-order valence-electron chi connectivity index (χ2n) is 11.3. The van der Waals surface area contributed by atoms with Crippen LogP contribution >= 0.6 is 0 Å². The number of hydrogen-bond acceptors (Lipinski definition) is 4. The van der Waals surface area contributed by atoms with E-state index in [0.29, 0.717) is 36.0 Å². The van der Waals surface area contributed by atoms with Crippen molar-refractivity contribution in [1.82, 2.24) is 0 Å². The molecule has 0 heterocycles. The highest BCUT2D eigenvalue weighted by Gasteiger charge is 2.61. The predicted molar refractivity (Wildman–Crippen MR) is 118 cm³/mol. The summed E-state index contributed by atoms with van der Waals surface area (Å²) in [5.41, 5.74) is 2.02. The molecule has 3 saturated carbocycles. The van der Waals surface area contributed by atoms with Gasteiger partial charge in [0.25, 0.3) is 0 Å². The van der Waals surface area contributed by atoms with Crippen LogP contribution in [0.1, 0.15) is 78.6 Å². The minimum atomic E-state index is -0.112. The molecule has 0 radical (unpaired) electrons. The first-order valence-corrected chi connectivity index (χ1v) is 12.3. The van der Waals surface area contributed by atoms with E-state index in [1.54, 1.807) is 5.57 Å². The Bertz CT molecular complexity index is 687. The largest absolute Gasteiger partial charge is 0.469 e. The molecule has 3 fully saturated rings. The molecule has 9 atom stereocenters. The number of carbonyl (C=O) groups excluding carboxylic acids is 1. The van der Waals surface area contributed by atoms with Crippen LogP contribution in [0.15, 0.2) is 11.6 Å². The summed E-state index contributed by atoms with van der Waals surface area (Å²) >= 11 is 0. The van der Waals surface area contributed by atoms with Crippen LogP contribution in [0.3, 0.4) is 0 Å². The van der Waals surface area contributed by atoms with Crippen LogP contribution in [0, 0.1) is 40.4 Å². The third-order valence-corrected chi connectivity index (χ3v) is 10.1. The Labute approximate surface area is 182 Å². The Hall–Kier alpha value is -0.870. The van der Waals surface area contributed by atoms with E-state index < -0.39 is 0 Å². The van der Waals surface area contributed by atoms with Gasteiger partial charge < -0.3 is 14.6 Å². The molecule has 30 heavy (non-hydrogen) atoms. The number of methoxy groups -OCH3 is 2. The number of aliphatic hydroxyl groups excluding tert-OH is 1. The standard InChI is InChI=1S/C26H42O4/c1-16(6-11-24(28)30-5)20-9-10-21-19-8-7-17-14-18(27)12-13-25(17,2)22(19)15-23(29-4)26(20,21)3/h15-21,23,27H,6-14H2,1-5H3/t16?,17-,18+,19?,20?,21?,23+,25+,26-/m0/s1. The quantitative estimate of drug-likeness (QED) is 0.496. The molecule has 0 spiro atoms. The van der Waals surface area contributed by atoms with E-state index in [9.17, 15) is 9.90 Å². The topological polar surface area (TPSA) is 55.8 Å². The lowest BCUT2D eigenvalue weighted by atomic mass is 9.47. The second-order valence-corrected chi connectivity index (χ2v) is 11.3. The summed E-state index contributed by atoms with van der Waals surface area (Å²) in [4.78, 5) is 11.7. The first-order valence-electron chi connectivity index (χ1n) is 12.3. The summed E-state index contributed by atoms with van der Waals surface area (Å²) < 4.78 is 11.1. The lowest BCUT2D eigenvalue weighted by molar-refractivity contribution is -0.141. The average Bonchev–Trinajstić information content (AvgIpc) is 3.09. The smallest absolute Gasteiger partial charge is 0.305 e. The molecule has 4 nitrogen and oxygen atoms in total. The highest BCUT2D eigenvalue weighted by atomic mass is 16.5. The number of allylic oxidation sites excluding steroid dienone is 1. The molecule has 4 aliphatic rings. The molecule has 0 saturated heterocycles. The molecular weight excluding hydrogens is 376 g/mol. The fourth-order valence-corrected chi connectivity index (χ4v) is 8.41. The zero-order valence-electron chi connectivity index (χ0n) is 19.7. The Morgan fingerprint density at radius 3 is 2.67 bits per heavy atom. The zero-order valence-corrected chi connectivity index (χ0v) is 19.7. The molecule has 0 aliphatic heterocycles. The minimum Gasteiger partial charge on any atom is -0.469 e. The van der Waals surface area contributed by atoms with Gasteiger partial charge in [0.1, 0.15) is 0 Å². The molecule has 170 valence electrons. The third-order valence-electron chi connectivity index (χ3n) is 10.1.